The summed E-state index contributed by atoms with van der Waals surface area (Å²) in [5.74, 6) is -0.302. The number of alkyl halides is 2. The maximum absolute atomic E-state index is 13.0. The number of nitrogens with zero attached hydrogens (tertiary/aromatic N) is 2. The average Bonchev–Trinajstić information content (AvgIpc) is 3.17. The number of halogens is 2. The number of aromatic nitrogens is 1. The first-order chi connectivity index (χ1) is 15.4. The number of benzene rings is 1. The van der Waals surface area contributed by atoms with Gasteiger partial charge in [-0.2, -0.15) is 0 Å². The van der Waals surface area contributed by atoms with E-state index >= 15 is 0 Å². The van der Waals surface area contributed by atoms with Crippen molar-refractivity contribution in [2.75, 3.05) is 6.61 Å². The lowest BCUT2D eigenvalue weighted by Crippen LogP contribution is -2.44. The van der Waals surface area contributed by atoms with Crippen LogP contribution in [0.25, 0.3) is 0 Å². The van der Waals surface area contributed by atoms with Crippen molar-refractivity contribution in [3.05, 3.63) is 64.5 Å². The Labute approximate surface area is 185 Å². The van der Waals surface area contributed by atoms with Crippen LogP contribution in [0.4, 0.5) is 8.78 Å². The number of ether oxygens (including phenoxy) is 1. The molecule has 1 aromatic carbocycles. The fourth-order valence-corrected chi connectivity index (χ4v) is 4.50. The van der Waals surface area contributed by atoms with E-state index in [1.54, 1.807) is 6.07 Å². The summed E-state index contributed by atoms with van der Waals surface area (Å²) in [6, 6.07) is 11.3. The van der Waals surface area contributed by atoms with E-state index in [9.17, 15) is 23.8 Å². The van der Waals surface area contributed by atoms with Gasteiger partial charge < -0.3 is 14.9 Å². The predicted molar refractivity (Wildman–Crippen MR) is 114 cm³/mol. The summed E-state index contributed by atoms with van der Waals surface area (Å²) in [5, 5.41) is 20.7. The van der Waals surface area contributed by atoms with Crippen LogP contribution in [0.5, 0.6) is 0 Å². The number of rotatable bonds is 9. The molecule has 1 fully saturated rings. The van der Waals surface area contributed by atoms with Crippen LogP contribution < -0.4 is 0 Å². The zero-order valence-corrected chi connectivity index (χ0v) is 17.6. The van der Waals surface area contributed by atoms with Crippen molar-refractivity contribution < 1.29 is 28.5 Å². The van der Waals surface area contributed by atoms with Crippen molar-refractivity contribution >= 4 is 11.7 Å². The zero-order valence-electron chi connectivity index (χ0n) is 17.6. The fraction of sp³-hybridized carbons (Fsp3) is 0.458. The first kappa shape index (κ1) is 22.5. The Morgan fingerprint density at radius 1 is 1.22 bits per heavy atom. The molecule has 0 radical (unpaired) electrons. The van der Waals surface area contributed by atoms with E-state index in [1.165, 1.54) is 0 Å². The summed E-state index contributed by atoms with van der Waals surface area (Å²) >= 11 is 0. The molecule has 1 atom stereocenters. The number of carbonyl (C=O) groups excluding carboxylic acids is 1. The molecule has 1 aromatic heterocycles. The number of carbonyl (C=O) groups is 1. The quantitative estimate of drug-likeness (QED) is 0.619. The minimum absolute atomic E-state index is 0.0473. The first-order valence-corrected chi connectivity index (χ1v) is 10.8. The van der Waals surface area contributed by atoms with E-state index in [-0.39, 0.29) is 42.7 Å². The average molecular weight is 444 g/mol. The van der Waals surface area contributed by atoms with E-state index in [1.807, 2.05) is 30.3 Å². The smallest absolute Gasteiger partial charge is 0.272 e. The second-order valence-electron chi connectivity index (χ2n) is 8.42. The van der Waals surface area contributed by atoms with Gasteiger partial charge in [-0.25, -0.2) is 13.8 Å². The topological polar surface area (TPSA) is 92.0 Å². The molecule has 170 valence electrons. The van der Waals surface area contributed by atoms with Crippen LogP contribution in [0.1, 0.15) is 59.7 Å². The Bertz CT molecular complexity index is 1010. The molecule has 2 aromatic rings. The molecule has 4 rings (SSSR count). The lowest BCUT2D eigenvalue weighted by molar-refractivity contribution is -0.122. The number of Topliss-reactive ketones (excluding diaryl/α,β-unsaturated/α-hetero) is 1. The molecule has 32 heavy (non-hydrogen) atoms. The van der Waals surface area contributed by atoms with Crippen LogP contribution in [0.3, 0.4) is 0 Å². The molecule has 2 aliphatic rings. The number of pyridine rings is 1. The lowest BCUT2D eigenvalue weighted by Gasteiger charge is -2.43. The number of fused-ring (bicyclic) bond motifs is 1. The van der Waals surface area contributed by atoms with Gasteiger partial charge in [-0.1, -0.05) is 30.3 Å². The predicted octanol–water partition coefficient (Wildman–Crippen LogP) is 3.32. The highest BCUT2D eigenvalue weighted by molar-refractivity contribution is 5.98. The maximum atomic E-state index is 13.0. The van der Waals surface area contributed by atoms with E-state index in [4.69, 9.17) is 4.74 Å². The Kier molecular flexibility index (Phi) is 6.62. The van der Waals surface area contributed by atoms with Gasteiger partial charge >= 0.3 is 0 Å². The SMILES string of the molecule is O=C(Cc1cc2c(c(CO)n1)C(OCC(F)F)=NC2)C[C@@H](c1ccccc1)C1(O)CCC1. The first-order valence-electron chi connectivity index (χ1n) is 10.8. The van der Waals surface area contributed by atoms with E-state index in [0.717, 1.165) is 12.0 Å². The number of hydrogen-bond donors (Lipinski definition) is 2. The van der Waals surface area contributed by atoms with Crippen molar-refractivity contribution in [1.29, 1.82) is 0 Å². The molecule has 0 saturated heterocycles. The third-order valence-corrected chi connectivity index (χ3v) is 6.21. The number of aliphatic hydroxyl groups is 2. The van der Waals surface area contributed by atoms with Crippen LogP contribution in [0, 0.1) is 0 Å². The van der Waals surface area contributed by atoms with E-state index < -0.39 is 25.2 Å². The summed E-state index contributed by atoms with van der Waals surface area (Å²) in [5.41, 5.74) is 1.92. The van der Waals surface area contributed by atoms with Crippen molar-refractivity contribution in [3.8, 4) is 0 Å². The lowest BCUT2D eigenvalue weighted by atomic mass is 9.67. The molecular weight excluding hydrogens is 418 g/mol. The van der Waals surface area contributed by atoms with Gasteiger partial charge in [-0.05, 0) is 36.5 Å². The van der Waals surface area contributed by atoms with Crippen LogP contribution >= 0.6 is 0 Å². The van der Waals surface area contributed by atoms with Gasteiger partial charge in [0.2, 0.25) is 5.90 Å². The highest BCUT2D eigenvalue weighted by Gasteiger charge is 2.43. The molecule has 2 heterocycles. The zero-order chi connectivity index (χ0) is 22.7. The van der Waals surface area contributed by atoms with Gasteiger partial charge in [0.25, 0.3) is 6.43 Å². The molecule has 8 heteroatoms. The number of aliphatic hydroxyl groups excluding tert-OH is 1. The van der Waals surface area contributed by atoms with Gasteiger partial charge in [0, 0.05) is 24.5 Å². The summed E-state index contributed by atoms with van der Waals surface area (Å²) in [6.07, 6.45) is -0.114. The molecule has 1 aliphatic carbocycles. The van der Waals surface area contributed by atoms with Gasteiger partial charge in [-0.15, -0.1) is 0 Å². The van der Waals surface area contributed by atoms with Gasteiger partial charge in [0.1, 0.15) is 5.78 Å². The van der Waals surface area contributed by atoms with Crippen molar-refractivity contribution in [1.82, 2.24) is 4.98 Å². The largest absolute Gasteiger partial charge is 0.471 e. The molecule has 2 N–H and O–H groups in total. The molecular formula is C24H26F2N2O4. The third-order valence-electron chi connectivity index (χ3n) is 6.21. The molecule has 0 spiro atoms. The summed E-state index contributed by atoms with van der Waals surface area (Å²) in [7, 11) is 0. The molecule has 0 bridgehead atoms. The minimum Gasteiger partial charge on any atom is -0.471 e. The second kappa shape index (κ2) is 9.42. The summed E-state index contributed by atoms with van der Waals surface area (Å²) in [4.78, 5) is 21.5. The van der Waals surface area contributed by atoms with Crippen molar-refractivity contribution in [2.24, 2.45) is 4.99 Å². The number of aliphatic imine (C=N–C) groups is 1. The summed E-state index contributed by atoms with van der Waals surface area (Å²) < 4.78 is 30.1. The van der Waals surface area contributed by atoms with Crippen LogP contribution in [-0.4, -0.2) is 45.5 Å². The van der Waals surface area contributed by atoms with E-state index in [0.29, 0.717) is 29.7 Å². The number of ketones is 1. The highest BCUT2D eigenvalue weighted by Crippen LogP contribution is 2.45. The minimum atomic E-state index is -2.63. The van der Waals surface area contributed by atoms with Gasteiger partial charge in [0.05, 0.1) is 30.0 Å². The Hall–Kier alpha value is -2.71. The molecule has 1 aliphatic heterocycles. The van der Waals surface area contributed by atoms with Gasteiger partial charge in [0.15, 0.2) is 6.61 Å². The summed E-state index contributed by atoms with van der Waals surface area (Å²) in [6.45, 7) is -0.988. The standard InChI is InChI=1S/C24H26F2N2O4/c25-21(26)14-32-23-22-16(12-27-23)9-17(28-20(22)13-29)10-18(30)11-19(24(31)7-4-8-24)15-5-2-1-3-6-15/h1-3,5-6,9,19,21,29,31H,4,7-8,10-14H2/t19-/m0/s1. The van der Waals surface area contributed by atoms with Crippen molar-refractivity contribution in [3.63, 3.8) is 0 Å². The van der Waals surface area contributed by atoms with Crippen molar-refractivity contribution in [2.45, 2.75) is 63.2 Å². The Balaban J connectivity index is 1.50. The monoisotopic (exact) mass is 444 g/mol. The second-order valence-corrected chi connectivity index (χ2v) is 8.42. The van der Waals surface area contributed by atoms with Gasteiger partial charge in [-0.3, -0.25) is 9.78 Å². The Morgan fingerprint density at radius 2 is 1.97 bits per heavy atom. The molecule has 1 saturated carbocycles. The highest BCUT2D eigenvalue weighted by atomic mass is 19.3. The molecule has 6 nitrogen and oxygen atoms in total. The van der Waals surface area contributed by atoms with Crippen LogP contribution in [0.15, 0.2) is 41.4 Å². The fourth-order valence-electron chi connectivity index (χ4n) is 4.50. The normalized spacial score (nSPS) is 17.5. The third kappa shape index (κ3) is 4.71. The van der Waals surface area contributed by atoms with E-state index in [2.05, 4.69) is 9.98 Å². The molecule has 0 unspecified atom stereocenters. The Morgan fingerprint density at radius 3 is 2.59 bits per heavy atom. The van der Waals surface area contributed by atoms with Crippen LogP contribution in [-0.2, 0) is 29.1 Å². The molecule has 0 amide bonds. The van der Waals surface area contributed by atoms with Crippen LogP contribution in [0.2, 0.25) is 0 Å². The maximum Gasteiger partial charge on any atom is 0.272 e. The number of hydrogen-bond acceptors (Lipinski definition) is 6.